The highest BCUT2D eigenvalue weighted by Gasteiger charge is 2.34. The van der Waals surface area contributed by atoms with Gasteiger partial charge in [0, 0.05) is 30.6 Å². The molecule has 1 aromatic rings. The minimum absolute atomic E-state index is 0.752. The summed E-state index contributed by atoms with van der Waals surface area (Å²) in [6, 6.07) is 0.752. The lowest BCUT2D eigenvalue weighted by Gasteiger charge is -2.24. The SMILES string of the molecule is Cc1ncsc1CN1CC2CCCNC2C1. The van der Waals surface area contributed by atoms with Gasteiger partial charge in [-0.3, -0.25) is 4.90 Å². The van der Waals surface area contributed by atoms with Crippen LogP contribution in [0, 0.1) is 12.8 Å². The van der Waals surface area contributed by atoms with Crippen LogP contribution in [-0.2, 0) is 6.54 Å². The fourth-order valence-electron chi connectivity index (χ4n) is 2.95. The molecule has 2 unspecified atom stereocenters. The summed E-state index contributed by atoms with van der Waals surface area (Å²) < 4.78 is 0. The van der Waals surface area contributed by atoms with Crippen molar-refractivity contribution >= 4 is 11.3 Å². The molecule has 88 valence electrons. The summed E-state index contributed by atoms with van der Waals surface area (Å²) in [5.41, 5.74) is 3.18. The fraction of sp³-hybridized carbons (Fsp3) is 0.750. The van der Waals surface area contributed by atoms with E-state index in [-0.39, 0.29) is 0 Å². The Hall–Kier alpha value is -0.450. The third kappa shape index (κ3) is 2.01. The van der Waals surface area contributed by atoms with Gasteiger partial charge in [-0.15, -0.1) is 11.3 Å². The highest BCUT2D eigenvalue weighted by atomic mass is 32.1. The number of hydrogen-bond acceptors (Lipinski definition) is 4. The van der Waals surface area contributed by atoms with Crippen LogP contribution in [0.3, 0.4) is 0 Å². The molecule has 3 heterocycles. The Morgan fingerprint density at radius 3 is 3.25 bits per heavy atom. The summed E-state index contributed by atoms with van der Waals surface area (Å²) >= 11 is 1.80. The lowest BCUT2D eigenvalue weighted by Crippen LogP contribution is -2.40. The zero-order chi connectivity index (χ0) is 11.0. The van der Waals surface area contributed by atoms with Crippen LogP contribution < -0.4 is 5.32 Å². The highest BCUT2D eigenvalue weighted by molar-refractivity contribution is 7.09. The maximum Gasteiger partial charge on any atom is 0.0798 e. The summed E-state index contributed by atoms with van der Waals surface area (Å²) in [7, 11) is 0. The van der Waals surface area contributed by atoms with Gasteiger partial charge in [0.05, 0.1) is 11.2 Å². The van der Waals surface area contributed by atoms with Crippen molar-refractivity contribution in [1.29, 1.82) is 0 Å². The molecule has 2 aliphatic heterocycles. The van der Waals surface area contributed by atoms with Gasteiger partial charge in [0.2, 0.25) is 0 Å². The number of rotatable bonds is 2. The standard InChI is InChI=1S/C12H19N3S/c1-9-12(16-8-14-9)7-15-5-10-3-2-4-13-11(10)6-15/h8,10-11,13H,2-7H2,1H3. The van der Waals surface area contributed by atoms with Crippen molar-refractivity contribution in [2.45, 2.75) is 32.4 Å². The second kappa shape index (κ2) is 4.43. The number of nitrogens with one attached hydrogen (secondary N) is 1. The number of piperidine rings is 1. The van der Waals surface area contributed by atoms with E-state index < -0.39 is 0 Å². The average molecular weight is 237 g/mol. The van der Waals surface area contributed by atoms with Gasteiger partial charge in [-0.1, -0.05) is 0 Å². The quantitative estimate of drug-likeness (QED) is 0.847. The van der Waals surface area contributed by atoms with Crippen LogP contribution in [0.4, 0.5) is 0 Å². The van der Waals surface area contributed by atoms with E-state index in [4.69, 9.17) is 0 Å². The molecule has 0 bridgehead atoms. The molecule has 0 spiro atoms. The van der Waals surface area contributed by atoms with Gasteiger partial charge in [-0.2, -0.15) is 0 Å². The molecule has 4 heteroatoms. The Morgan fingerprint density at radius 1 is 1.56 bits per heavy atom. The molecule has 2 aliphatic rings. The van der Waals surface area contributed by atoms with Gasteiger partial charge >= 0.3 is 0 Å². The molecule has 3 nitrogen and oxygen atoms in total. The number of thiazole rings is 1. The molecule has 3 rings (SSSR count). The maximum atomic E-state index is 4.33. The van der Waals surface area contributed by atoms with Crippen LogP contribution in [0.25, 0.3) is 0 Å². The molecule has 2 fully saturated rings. The van der Waals surface area contributed by atoms with E-state index in [1.54, 1.807) is 11.3 Å². The van der Waals surface area contributed by atoms with E-state index in [1.807, 2.05) is 5.51 Å². The molecule has 0 radical (unpaired) electrons. The van der Waals surface area contributed by atoms with Crippen molar-refractivity contribution in [3.05, 3.63) is 16.1 Å². The monoisotopic (exact) mass is 237 g/mol. The molecule has 0 aliphatic carbocycles. The van der Waals surface area contributed by atoms with Crippen LogP contribution >= 0.6 is 11.3 Å². The molecule has 2 atom stereocenters. The van der Waals surface area contributed by atoms with Crippen molar-refractivity contribution < 1.29 is 0 Å². The maximum absolute atomic E-state index is 4.33. The third-order valence-corrected chi connectivity index (χ3v) is 4.81. The first-order chi connectivity index (χ1) is 7.83. The minimum atomic E-state index is 0.752. The number of aromatic nitrogens is 1. The minimum Gasteiger partial charge on any atom is -0.312 e. The molecule has 0 amide bonds. The van der Waals surface area contributed by atoms with Crippen LogP contribution in [-0.4, -0.2) is 35.6 Å². The second-order valence-corrected chi connectivity index (χ2v) is 5.96. The molecular formula is C12H19N3S. The van der Waals surface area contributed by atoms with Crippen LogP contribution in [0.2, 0.25) is 0 Å². The molecule has 0 saturated carbocycles. The van der Waals surface area contributed by atoms with Gasteiger partial charge < -0.3 is 5.32 Å². The number of hydrogen-bond donors (Lipinski definition) is 1. The average Bonchev–Trinajstić information content (AvgIpc) is 2.85. The number of fused-ring (bicyclic) bond motifs is 1. The first kappa shape index (κ1) is 10.7. The summed E-state index contributed by atoms with van der Waals surface area (Å²) in [6.07, 6.45) is 2.77. The first-order valence-corrected chi connectivity index (χ1v) is 7.05. The lowest BCUT2D eigenvalue weighted by atomic mass is 9.94. The van der Waals surface area contributed by atoms with E-state index >= 15 is 0 Å². The first-order valence-electron chi connectivity index (χ1n) is 6.17. The van der Waals surface area contributed by atoms with Crippen molar-refractivity contribution in [3.63, 3.8) is 0 Å². The predicted octanol–water partition coefficient (Wildman–Crippen LogP) is 1.64. The normalized spacial score (nSPS) is 30.6. The molecule has 16 heavy (non-hydrogen) atoms. The highest BCUT2D eigenvalue weighted by Crippen LogP contribution is 2.27. The Bertz CT molecular complexity index is 349. The Balaban J connectivity index is 1.63. The Kier molecular flexibility index (Phi) is 2.96. The second-order valence-electron chi connectivity index (χ2n) is 5.02. The van der Waals surface area contributed by atoms with Gasteiger partial charge in [0.1, 0.15) is 0 Å². The topological polar surface area (TPSA) is 28.2 Å². The summed E-state index contributed by atoms with van der Waals surface area (Å²) in [4.78, 5) is 8.36. The van der Waals surface area contributed by atoms with E-state index in [2.05, 4.69) is 22.1 Å². The lowest BCUT2D eigenvalue weighted by molar-refractivity contribution is 0.314. The smallest absolute Gasteiger partial charge is 0.0798 e. The van der Waals surface area contributed by atoms with Gasteiger partial charge in [0.15, 0.2) is 0 Å². The van der Waals surface area contributed by atoms with E-state index in [0.717, 1.165) is 18.5 Å². The molecule has 0 aromatic carbocycles. The van der Waals surface area contributed by atoms with Crippen LogP contribution in [0.15, 0.2) is 5.51 Å². The fourth-order valence-corrected chi connectivity index (χ4v) is 3.76. The Morgan fingerprint density at radius 2 is 2.50 bits per heavy atom. The molecule has 1 N–H and O–H groups in total. The molecule has 1 aromatic heterocycles. The summed E-state index contributed by atoms with van der Waals surface area (Å²) in [6.45, 7) is 6.93. The largest absolute Gasteiger partial charge is 0.312 e. The van der Waals surface area contributed by atoms with Gasteiger partial charge in [-0.25, -0.2) is 4.98 Å². The number of nitrogens with zero attached hydrogens (tertiary/aromatic N) is 2. The number of likely N-dealkylation sites (tertiary alicyclic amines) is 1. The molecular weight excluding hydrogens is 218 g/mol. The van der Waals surface area contributed by atoms with Crippen molar-refractivity contribution in [3.8, 4) is 0 Å². The summed E-state index contributed by atoms with van der Waals surface area (Å²) in [5.74, 6) is 0.891. The van der Waals surface area contributed by atoms with E-state index in [1.165, 1.54) is 43.0 Å². The van der Waals surface area contributed by atoms with Gasteiger partial charge in [-0.05, 0) is 32.2 Å². The van der Waals surface area contributed by atoms with Crippen molar-refractivity contribution in [1.82, 2.24) is 15.2 Å². The third-order valence-electron chi connectivity index (χ3n) is 3.89. The Labute approximate surface area is 101 Å². The van der Waals surface area contributed by atoms with E-state index in [9.17, 15) is 0 Å². The predicted molar refractivity (Wildman–Crippen MR) is 66.6 cm³/mol. The van der Waals surface area contributed by atoms with Crippen molar-refractivity contribution in [2.24, 2.45) is 5.92 Å². The van der Waals surface area contributed by atoms with E-state index in [0.29, 0.717) is 0 Å². The van der Waals surface area contributed by atoms with Gasteiger partial charge in [0.25, 0.3) is 0 Å². The number of aryl methyl sites for hydroxylation is 1. The summed E-state index contributed by atoms with van der Waals surface area (Å²) in [5, 5.41) is 3.65. The zero-order valence-electron chi connectivity index (χ0n) is 9.78. The van der Waals surface area contributed by atoms with Crippen LogP contribution in [0.1, 0.15) is 23.4 Å². The zero-order valence-corrected chi connectivity index (χ0v) is 10.6. The molecule has 2 saturated heterocycles. The van der Waals surface area contributed by atoms with Crippen molar-refractivity contribution in [2.75, 3.05) is 19.6 Å². The van der Waals surface area contributed by atoms with Crippen LogP contribution in [0.5, 0.6) is 0 Å².